The molecule has 2 aromatic rings. The van der Waals surface area contributed by atoms with Gasteiger partial charge in [0, 0.05) is 11.1 Å². The lowest BCUT2D eigenvalue weighted by atomic mass is 9.53. The number of amides is 1. The van der Waals surface area contributed by atoms with Crippen molar-refractivity contribution in [1.29, 1.82) is 0 Å². The normalized spacial score (nSPS) is 28.9. The molecule has 0 spiro atoms. The van der Waals surface area contributed by atoms with E-state index in [4.69, 9.17) is 4.74 Å². The Bertz CT molecular complexity index is 1080. The molecule has 0 radical (unpaired) electrons. The average molecular weight is 441 g/mol. The Balaban J connectivity index is 1.36. The van der Waals surface area contributed by atoms with Gasteiger partial charge in [0.1, 0.15) is 5.75 Å². The quantitative estimate of drug-likeness (QED) is 0.705. The van der Waals surface area contributed by atoms with Crippen LogP contribution in [-0.4, -0.2) is 27.0 Å². The summed E-state index contributed by atoms with van der Waals surface area (Å²) in [5.41, 5.74) is 0.614. The summed E-state index contributed by atoms with van der Waals surface area (Å²) >= 11 is 0. The van der Waals surface area contributed by atoms with E-state index in [1.807, 2.05) is 0 Å². The fourth-order valence-corrected chi connectivity index (χ4v) is 7.43. The molecule has 4 saturated carbocycles. The zero-order valence-electron chi connectivity index (χ0n) is 17.6. The molecule has 4 fully saturated rings. The van der Waals surface area contributed by atoms with Crippen molar-refractivity contribution >= 4 is 21.6 Å². The Labute approximate surface area is 183 Å². The number of para-hydroxylation sites is 2. The zero-order valence-corrected chi connectivity index (χ0v) is 18.5. The predicted molar refractivity (Wildman–Crippen MR) is 119 cm³/mol. The summed E-state index contributed by atoms with van der Waals surface area (Å²) in [4.78, 5) is 13.2. The second kappa shape index (κ2) is 7.55. The SMILES string of the molecule is COc1ccccc1NS(=O)(=O)c1cccc(C(=O)NC23CC4CC(CC(C4)C2)C3)c1. The number of benzene rings is 2. The molecule has 7 heteroatoms. The van der Waals surface area contributed by atoms with Gasteiger partial charge in [-0.15, -0.1) is 0 Å². The van der Waals surface area contributed by atoms with Crippen molar-refractivity contribution in [3.63, 3.8) is 0 Å². The summed E-state index contributed by atoms with van der Waals surface area (Å²) in [6.07, 6.45) is 7.07. The van der Waals surface area contributed by atoms with E-state index in [1.165, 1.54) is 38.5 Å². The lowest BCUT2D eigenvalue weighted by Crippen LogP contribution is -2.59. The second-order valence-electron chi connectivity index (χ2n) is 9.49. The van der Waals surface area contributed by atoms with Crippen LogP contribution in [0.3, 0.4) is 0 Å². The van der Waals surface area contributed by atoms with Crippen LogP contribution in [0.15, 0.2) is 53.4 Å². The standard InChI is InChI=1S/C24H28N2O4S/c1-30-22-8-3-2-7-21(22)26-31(28,29)20-6-4-5-19(12-20)23(27)25-24-13-16-9-17(14-24)11-18(10-16)15-24/h2-8,12,16-18,26H,9-11,13-15H2,1H3,(H,25,27). The van der Waals surface area contributed by atoms with Crippen molar-refractivity contribution < 1.29 is 17.9 Å². The van der Waals surface area contributed by atoms with Crippen LogP contribution in [-0.2, 0) is 10.0 Å². The summed E-state index contributed by atoms with van der Waals surface area (Å²) in [6, 6.07) is 13.1. The molecule has 164 valence electrons. The first-order valence-electron chi connectivity index (χ1n) is 10.9. The molecular weight excluding hydrogens is 412 g/mol. The van der Waals surface area contributed by atoms with Gasteiger partial charge >= 0.3 is 0 Å². The van der Waals surface area contributed by atoms with Gasteiger partial charge in [-0.25, -0.2) is 8.42 Å². The van der Waals surface area contributed by atoms with Crippen LogP contribution >= 0.6 is 0 Å². The van der Waals surface area contributed by atoms with Gasteiger partial charge in [-0.1, -0.05) is 18.2 Å². The molecule has 0 heterocycles. The lowest BCUT2D eigenvalue weighted by Gasteiger charge is -2.56. The molecule has 31 heavy (non-hydrogen) atoms. The highest BCUT2D eigenvalue weighted by atomic mass is 32.2. The van der Waals surface area contributed by atoms with Gasteiger partial charge in [-0.05, 0) is 86.6 Å². The highest BCUT2D eigenvalue weighted by Crippen LogP contribution is 2.55. The first kappa shape index (κ1) is 20.4. The van der Waals surface area contributed by atoms with Crippen LogP contribution in [0.1, 0.15) is 48.9 Å². The van der Waals surface area contributed by atoms with E-state index in [-0.39, 0.29) is 16.3 Å². The van der Waals surface area contributed by atoms with Crippen LogP contribution in [0.25, 0.3) is 0 Å². The number of anilines is 1. The van der Waals surface area contributed by atoms with Gasteiger partial charge in [0.2, 0.25) is 0 Å². The maximum Gasteiger partial charge on any atom is 0.262 e. The van der Waals surface area contributed by atoms with Gasteiger partial charge in [-0.3, -0.25) is 9.52 Å². The fourth-order valence-electron chi connectivity index (χ4n) is 6.31. The van der Waals surface area contributed by atoms with Crippen molar-refractivity contribution in [3.05, 3.63) is 54.1 Å². The Morgan fingerprint density at radius 3 is 2.26 bits per heavy atom. The fraction of sp³-hybridized carbons (Fsp3) is 0.458. The number of hydrogen-bond donors (Lipinski definition) is 2. The van der Waals surface area contributed by atoms with E-state index < -0.39 is 10.0 Å². The molecule has 0 unspecified atom stereocenters. The number of nitrogens with one attached hydrogen (secondary N) is 2. The molecule has 0 atom stereocenters. The van der Waals surface area contributed by atoms with Gasteiger partial charge in [-0.2, -0.15) is 0 Å². The highest BCUT2D eigenvalue weighted by molar-refractivity contribution is 7.92. The summed E-state index contributed by atoms with van der Waals surface area (Å²) in [5.74, 6) is 2.42. The molecule has 4 bridgehead atoms. The summed E-state index contributed by atoms with van der Waals surface area (Å²) in [5, 5.41) is 3.31. The molecule has 2 aromatic carbocycles. The molecular formula is C24H28N2O4S. The summed E-state index contributed by atoms with van der Waals surface area (Å²) < 4.78 is 33.7. The maximum atomic E-state index is 13.1. The predicted octanol–water partition coefficient (Wildman–Crippen LogP) is 4.19. The molecule has 0 aromatic heterocycles. The third-order valence-electron chi connectivity index (χ3n) is 7.17. The van der Waals surface area contributed by atoms with Crippen molar-refractivity contribution in [3.8, 4) is 5.75 Å². The number of rotatable bonds is 6. The zero-order chi connectivity index (χ0) is 21.6. The van der Waals surface area contributed by atoms with Crippen molar-refractivity contribution in [2.45, 2.75) is 49.0 Å². The van der Waals surface area contributed by atoms with Gasteiger partial charge < -0.3 is 10.1 Å². The Morgan fingerprint density at radius 2 is 1.61 bits per heavy atom. The number of hydrogen-bond acceptors (Lipinski definition) is 4. The van der Waals surface area contributed by atoms with Crippen LogP contribution in [0.2, 0.25) is 0 Å². The molecule has 6 nitrogen and oxygen atoms in total. The van der Waals surface area contributed by atoms with E-state index in [0.717, 1.165) is 37.0 Å². The first-order chi connectivity index (χ1) is 14.9. The monoisotopic (exact) mass is 440 g/mol. The molecule has 4 aliphatic carbocycles. The van der Waals surface area contributed by atoms with E-state index in [9.17, 15) is 13.2 Å². The van der Waals surface area contributed by atoms with Crippen molar-refractivity contribution in [2.75, 3.05) is 11.8 Å². The largest absolute Gasteiger partial charge is 0.495 e. The first-order valence-corrected chi connectivity index (χ1v) is 12.4. The third-order valence-corrected chi connectivity index (χ3v) is 8.54. The summed E-state index contributed by atoms with van der Waals surface area (Å²) in [6.45, 7) is 0. The Hall–Kier alpha value is -2.54. The minimum absolute atomic E-state index is 0.0524. The van der Waals surface area contributed by atoms with Crippen LogP contribution < -0.4 is 14.8 Å². The van der Waals surface area contributed by atoms with Gasteiger partial charge in [0.25, 0.3) is 15.9 Å². The molecule has 2 N–H and O–H groups in total. The average Bonchev–Trinajstić information content (AvgIpc) is 2.72. The molecule has 0 aliphatic heterocycles. The third kappa shape index (κ3) is 3.91. The van der Waals surface area contributed by atoms with Crippen LogP contribution in [0, 0.1) is 17.8 Å². The molecule has 6 rings (SSSR count). The molecule has 0 saturated heterocycles. The number of methoxy groups -OCH3 is 1. The Kier molecular flexibility index (Phi) is 4.96. The van der Waals surface area contributed by atoms with Gasteiger partial charge in [0.05, 0.1) is 17.7 Å². The lowest BCUT2D eigenvalue weighted by molar-refractivity contribution is -0.0167. The van der Waals surface area contributed by atoms with Crippen LogP contribution in [0.4, 0.5) is 5.69 Å². The Morgan fingerprint density at radius 1 is 0.968 bits per heavy atom. The van der Waals surface area contributed by atoms with E-state index in [0.29, 0.717) is 17.0 Å². The molecule has 1 amide bonds. The van der Waals surface area contributed by atoms with E-state index >= 15 is 0 Å². The number of carbonyl (C=O) groups excluding carboxylic acids is 1. The highest BCUT2D eigenvalue weighted by Gasteiger charge is 2.51. The van der Waals surface area contributed by atoms with Gasteiger partial charge in [0.15, 0.2) is 0 Å². The maximum absolute atomic E-state index is 13.1. The minimum atomic E-state index is -3.87. The number of carbonyl (C=O) groups is 1. The van der Waals surface area contributed by atoms with Crippen LogP contribution in [0.5, 0.6) is 5.75 Å². The number of ether oxygens (including phenoxy) is 1. The van der Waals surface area contributed by atoms with Crippen molar-refractivity contribution in [2.24, 2.45) is 17.8 Å². The summed E-state index contributed by atoms with van der Waals surface area (Å²) in [7, 11) is -2.38. The number of sulfonamides is 1. The smallest absolute Gasteiger partial charge is 0.262 e. The molecule has 4 aliphatic rings. The van der Waals surface area contributed by atoms with Crippen molar-refractivity contribution in [1.82, 2.24) is 5.32 Å². The van der Waals surface area contributed by atoms with E-state index in [2.05, 4.69) is 10.0 Å². The minimum Gasteiger partial charge on any atom is -0.495 e. The van der Waals surface area contributed by atoms with E-state index in [1.54, 1.807) is 36.4 Å². The topological polar surface area (TPSA) is 84.5 Å². The second-order valence-corrected chi connectivity index (χ2v) is 11.2.